The standard InChI is InChI=1S/C21H23N5O3S/c1-12-10-16(22)24-20(23-12)30-11-15-17(19(27)29-2)18(13-6-4-3-5-7-13)25-21(28)26(15)14-8-9-14/h3-7,10,14,18H,8-9,11H2,1-2H3,(H,25,28)(H2,22,23,24)/t18-/m1/s1. The third-order valence-electron chi connectivity index (χ3n) is 5.02. The van der Waals surface area contributed by atoms with Crippen molar-refractivity contribution in [1.29, 1.82) is 0 Å². The van der Waals surface area contributed by atoms with Gasteiger partial charge in [0.25, 0.3) is 0 Å². The summed E-state index contributed by atoms with van der Waals surface area (Å²) in [6.45, 7) is 1.84. The number of urea groups is 1. The topological polar surface area (TPSA) is 110 Å². The van der Waals surface area contributed by atoms with Gasteiger partial charge in [0.05, 0.1) is 18.7 Å². The number of thioether (sulfide) groups is 1. The van der Waals surface area contributed by atoms with Crippen molar-refractivity contribution < 1.29 is 14.3 Å². The molecule has 3 N–H and O–H groups in total. The molecule has 2 heterocycles. The second-order valence-corrected chi connectivity index (χ2v) is 8.19. The number of ether oxygens (including phenoxy) is 1. The first-order chi connectivity index (χ1) is 14.5. The Balaban J connectivity index is 1.76. The number of nitrogens with two attached hydrogens (primary N) is 1. The van der Waals surface area contributed by atoms with Crippen LogP contribution in [0, 0.1) is 6.92 Å². The Labute approximate surface area is 178 Å². The maximum atomic E-state index is 13.0. The lowest BCUT2D eigenvalue weighted by atomic mass is 9.95. The van der Waals surface area contributed by atoms with Crippen LogP contribution in [-0.2, 0) is 9.53 Å². The van der Waals surface area contributed by atoms with E-state index < -0.39 is 12.0 Å². The van der Waals surface area contributed by atoms with Crippen molar-refractivity contribution in [1.82, 2.24) is 20.2 Å². The molecule has 156 valence electrons. The van der Waals surface area contributed by atoms with E-state index in [1.165, 1.54) is 18.9 Å². The van der Waals surface area contributed by atoms with Gasteiger partial charge < -0.3 is 15.8 Å². The largest absolute Gasteiger partial charge is 0.466 e. The fourth-order valence-electron chi connectivity index (χ4n) is 3.55. The van der Waals surface area contributed by atoms with Gasteiger partial charge in [-0.3, -0.25) is 4.90 Å². The summed E-state index contributed by atoms with van der Waals surface area (Å²) in [4.78, 5) is 36.2. The number of aromatic nitrogens is 2. The number of esters is 1. The van der Waals surface area contributed by atoms with Gasteiger partial charge in [-0.15, -0.1) is 0 Å². The fraction of sp³-hybridized carbons (Fsp3) is 0.333. The Kier molecular flexibility index (Phi) is 5.63. The van der Waals surface area contributed by atoms with Gasteiger partial charge in [0.1, 0.15) is 5.82 Å². The highest BCUT2D eigenvalue weighted by Crippen LogP contribution is 2.39. The van der Waals surface area contributed by atoms with E-state index in [0.717, 1.165) is 24.1 Å². The molecule has 0 saturated heterocycles. The summed E-state index contributed by atoms with van der Waals surface area (Å²) < 4.78 is 5.11. The van der Waals surface area contributed by atoms with Gasteiger partial charge in [0, 0.05) is 29.3 Å². The zero-order chi connectivity index (χ0) is 21.3. The molecule has 0 radical (unpaired) electrons. The summed E-state index contributed by atoms with van der Waals surface area (Å²) in [5, 5.41) is 3.49. The number of rotatable bonds is 6. The van der Waals surface area contributed by atoms with Crippen molar-refractivity contribution in [3.05, 3.63) is 58.9 Å². The minimum absolute atomic E-state index is 0.0838. The average Bonchev–Trinajstić information content (AvgIpc) is 3.56. The molecule has 4 rings (SSSR count). The van der Waals surface area contributed by atoms with E-state index in [2.05, 4.69) is 15.3 Å². The number of amides is 2. The van der Waals surface area contributed by atoms with Crippen molar-refractivity contribution in [2.45, 2.75) is 37.0 Å². The second-order valence-electron chi connectivity index (χ2n) is 7.25. The molecule has 1 atom stereocenters. The van der Waals surface area contributed by atoms with Gasteiger partial charge in [0.15, 0.2) is 5.16 Å². The summed E-state index contributed by atoms with van der Waals surface area (Å²) in [6.07, 6.45) is 1.81. The number of nitrogens with zero attached hydrogens (tertiary/aromatic N) is 3. The number of anilines is 1. The summed E-state index contributed by atoms with van der Waals surface area (Å²) in [7, 11) is 1.35. The first-order valence-corrected chi connectivity index (χ1v) is 10.7. The van der Waals surface area contributed by atoms with Gasteiger partial charge in [-0.25, -0.2) is 19.6 Å². The Morgan fingerprint density at radius 2 is 2.03 bits per heavy atom. The predicted octanol–water partition coefficient (Wildman–Crippen LogP) is 2.82. The molecular formula is C21H23N5O3S. The molecule has 2 aliphatic rings. The lowest BCUT2D eigenvalue weighted by Gasteiger charge is -2.36. The molecule has 0 unspecified atom stereocenters. The van der Waals surface area contributed by atoms with Crippen LogP contribution >= 0.6 is 11.8 Å². The molecule has 1 fully saturated rings. The number of methoxy groups -OCH3 is 1. The third-order valence-corrected chi connectivity index (χ3v) is 5.88. The SMILES string of the molecule is COC(=O)C1=C(CSc2nc(C)cc(N)n2)N(C2CC2)C(=O)N[C@@H]1c1ccccc1. The van der Waals surface area contributed by atoms with Crippen LogP contribution in [0.5, 0.6) is 0 Å². The van der Waals surface area contributed by atoms with Crippen LogP contribution in [0.3, 0.4) is 0 Å². The van der Waals surface area contributed by atoms with Crippen molar-refractivity contribution >= 4 is 29.6 Å². The lowest BCUT2D eigenvalue weighted by Crippen LogP contribution is -2.50. The molecule has 1 aliphatic heterocycles. The Bertz CT molecular complexity index is 987. The normalized spacial score (nSPS) is 18.9. The van der Waals surface area contributed by atoms with Crippen molar-refractivity contribution in [2.24, 2.45) is 0 Å². The first kappa shape index (κ1) is 20.2. The Hall–Kier alpha value is -3.07. The molecular weight excluding hydrogens is 402 g/mol. The Morgan fingerprint density at radius 3 is 2.67 bits per heavy atom. The van der Waals surface area contributed by atoms with Crippen LogP contribution in [0.1, 0.15) is 30.1 Å². The minimum Gasteiger partial charge on any atom is -0.466 e. The van der Waals surface area contributed by atoms with Gasteiger partial charge in [-0.05, 0) is 25.3 Å². The van der Waals surface area contributed by atoms with E-state index >= 15 is 0 Å². The molecule has 30 heavy (non-hydrogen) atoms. The van der Waals surface area contributed by atoms with E-state index in [0.29, 0.717) is 28.0 Å². The van der Waals surface area contributed by atoms with Crippen molar-refractivity contribution in [3.63, 3.8) is 0 Å². The zero-order valence-corrected chi connectivity index (χ0v) is 17.6. The number of nitrogen functional groups attached to an aromatic ring is 1. The summed E-state index contributed by atoms with van der Waals surface area (Å²) in [5.41, 5.74) is 8.49. The number of benzene rings is 1. The van der Waals surface area contributed by atoms with Crippen LogP contribution in [-0.4, -0.2) is 45.8 Å². The molecule has 0 spiro atoms. The van der Waals surface area contributed by atoms with Crippen molar-refractivity contribution in [2.75, 3.05) is 18.6 Å². The number of aryl methyl sites for hydroxylation is 1. The van der Waals surface area contributed by atoms with Crippen LogP contribution < -0.4 is 11.1 Å². The van der Waals surface area contributed by atoms with Gasteiger partial charge >= 0.3 is 12.0 Å². The van der Waals surface area contributed by atoms with Crippen LogP contribution in [0.25, 0.3) is 0 Å². The summed E-state index contributed by atoms with van der Waals surface area (Å²) >= 11 is 1.35. The molecule has 9 heteroatoms. The van der Waals surface area contributed by atoms with Gasteiger partial charge in [-0.2, -0.15) is 0 Å². The fourth-order valence-corrected chi connectivity index (χ4v) is 4.49. The maximum Gasteiger partial charge on any atom is 0.338 e. The Morgan fingerprint density at radius 1 is 1.30 bits per heavy atom. The molecule has 2 aromatic rings. The maximum absolute atomic E-state index is 13.0. The number of hydrogen-bond donors (Lipinski definition) is 2. The monoisotopic (exact) mass is 425 g/mol. The highest BCUT2D eigenvalue weighted by Gasteiger charge is 2.43. The van der Waals surface area contributed by atoms with Gasteiger partial charge in [0.2, 0.25) is 0 Å². The van der Waals surface area contributed by atoms with E-state index in [4.69, 9.17) is 10.5 Å². The predicted molar refractivity (Wildman–Crippen MR) is 114 cm³/mol. The smallest absolute Gasteiger partial charge is 0.338 e. The zero-order valence-electron chi connectivity index (χ0n) is 16.8. The molecule has 0 bridgehead atoms. The van der Waals surface area contributed by atoms with E-state index in [9.17, 15) is 9.59 Å². The number of nitrogens with one attached hydrogen (secondary N) is 1. The van der Waals surface area contributed by atoms with E-state index in [1.807, 2.05) is 37.3 Å². The van der Waals surface area contributed by atoms with Crippen LogP contribution in [0.15, 0.2) is 52.8 Å². The van der Waals surface area contributed by atoms with E-state index in [-0.39, 0.29) is 12.1 Å². The molecule has 1 aromatic heterocycles. The summed E-state index contributed by atoms with van der Waals surface area (Å²) in [6, 6.07) is 10.4. The third kappa shape index (κ3) is 4.11. The number of carbonyl (C=O) groups is 2. The second kappa shape index (κ2) is 8.35. The highest BCUT2D eigenvalue weighted by molar-refractivity contribution is 7.99. The molecule has 1 saturated carbocycles. The van der Waals surface area contributed by atoms with Crippen molar-refractivity contribution in [3.8, 4) is 0 Å². The van der Waals surface area contributed by atoms with Crippen LogP contribution in [0.2, 0.25) is 0 Å². The highest BCUT2D eigenvalue weighted by atomic mass is 32.2. The number of hydrogen-bond acceptors (Lipinski definition) is 7. The quantitative estimate of drug-likeness (QED) is 0.416. The molecule has 8 nitrogen and oxygen atoms in total. The lowest BCUT2D eigenvalue weighted by molar-refractivity contribution is -0.136. The van der Waals surface area contributed by atoms with E-state index in [1.54, 1.807) is 11.0 Å². The molecule has 2 amide bonds. The number of carbonyl (C=O) groups excluding carboxylic acids is 2. The summed E-state index contributed by atoms with van der Waals surface area (Å²) in [5.74, 6) is 0.269. The first-order valence-electron chi connectivity index (χ1n) is 9.68. The van der Waals surface area contributed by atoms with Gasteiger partial charge in [-0.1, -0.05) is 42.1 Å². The molecule has 1 aromatic carbocycles. The average molecular weight is 426 g/mol. The minimum atomic E-state index is -0.583. The van der Waals surface area contributed by atoms with Crippen LogP contribution in [0.4, 0.5) is 10.6 Å². The molecule has 1 aliphatic carbocycles.